The van der Waals surface area contributed by atoms with E-state index in [2.05, 4.69) is 9.97 Å². The first-order valence-electron chi connectivity index (χ1n) is 9.11. The monoisotopic (exact) mass is 426 g/mol. The molecular formula is C20H18N4O3S2. The largest absolute Gasteiger partial charge is 0.497 e. The van der Waals surface area contributed by atoms with E-state index in [1.165, 1.54) is 4.31 Å². The molecule has 0 N–H and O–H groups in total. The van der Waals surface area contributed by atoms with Gasteiger partial charge in [0.25, 0.3) is 0 Å². The summed E-state index contributed by atoms with van der Waals surface area (Å²) < 4.78 is 34.9. The Morgan fingerprint density at radius 3 is 2.59 bits per heavy atom. The molecule has 0 fully saturated rings. The highest BCUT2D eigenvalue weighted by molar-refractivity contribution is 7.89. The van der Waals surface area contributed by atoms with E-state index < -0.39 is 10.0 Å². The maximum Gasteiger partial charge on any atom is 0.243 e. The molecule has 0 aliphatic carbocycles. The molecule has 0 saturated heterocycles. The number of rotatable bonds is 4. The van der Waals surface area contributed by atoms with Crippen molar-refractivity contribution in [2.24, 2.45) is 0 Å². The van der Waals surface area contributed by atoms with Gasteiger partial charge in [-0.1, -0.05) is 0 Å². The number of sulfonamides is 1. The lowest BCUT2D eigenvalue weighted by Crippen LogP contribution is -2.35. The van der Waals surface area contributed by atoms with E-state index in [0.717, 1.165) is 26.5 Å². The van der Waals surface area contributed by atoms with Gasteiger partial charge in [0.15, 0.2) is 0 Å². The Morgan fingerprint density at radius 1 is 1.10 bits per heavy atom. The maximum absolute atomic E-state index is 13.1. The molecule has 4 heterocycles. The van der Waals surface area contributed by atoms with Gasteiger partial charge in [-0.2, -0.15) is 4.31 Å². The van der Waals surface area contributed by atoms with Crippen LogP contribution in [0.25, 0.3) is 16.0 Å². The van der Waals surface area contributed by atoms with Crippen LogP contribution in [0, 0.1) is 0 Å². The number of ether oxygens (including phenoxy) is 1. The average Bonchev–Trinajstić information content (AvgIpc) is 3.41. The summed E-state index contributed by atoms with van der Waals surface area (Å²) in [6.45, 7) is 0.767. The summed E-state index contributed by atoms with van der Waals surface area (Å²) in [5.74, 6) is 1.47. The molecule has 0 bridgehead atoms. The highest BCUT2D eigenvalue weighted by Gasteiger charge is 2.31. The lowest BCUT2D eigenvalue weighted by Gasteiger charge is -2.26. The van der Waals surface area contributed by atoms with E-state index in [9.17, 15) is 8.42 Å². The molecule has 1 aliphatic heterocycles. The predicted molar refractivity (Wildman–Crippen MR) is 111 cm³/mol. The van der Waals surface area contributed by atoms with Gasteiger partial charge in [-0.05, 0) is 48.4 Å². The number of fused-ring (bicyclic) bond motifs is 3. The van der Waals surface area contributed by atoms with Gasteiger partial charge in [-0.15, -0.1) is 11.3 Å². The number of hydrogen-bond donors (Lipinski definition) is 0. The number of nitrogens with zero attached hydrogens (tertiary/aromatic N) is 4. The predicted octanol–water partition coefficient (Wildman–Crippen LogP) is 3.24. The van der Waals surface area contributed by atoms with Crippen molar-refractivity contribution in [3.8, 4) is 11.6 Å². The van der Waals surface area contributed by atoms with Crippen molar-refractivity contribution < 1.29 is 13.2 Å². The first kappa shape index (κ1) is 18.3. The normalized spacial score (nSPS) is 14.8. The minimum absolute atomic E-state index is 0.274. The molecule has 5 rings (SSSR count). The van der Waals surface area contributed by atoms with Crippen LogP contribution in [0.1, 0.15) is 10.4 Å². The summed E-state index contributed by atoms with van der Waals surface area (Å²) in [7, 11) is -2.02. The summed E-state index contributed by atoms with van der Waals surface area (Å²) in [4.78, 5) is 11.1. The van der Waals surface area contributed by atoms with Crippen molar-refractivity contribution in [1.82, 2.24) is 18.8 Å². The topological polar surface area (TPSA) is 77.3 Å². The van der Waals surface area contributed by atoms with Crippen LogP contribution >= 0.6 is 11.3 Å². The number of aromatic nitrogens is 3. The van der Waals surface area contributed by atoms with Crippen molar-refractivity contribution in [1.29, 1.82) is 0 Å². The molecule has 3 aromatic heterocycles. The average molecular weight is 427 g/mol. The second kappa shape index (κ2) is 6.94. The number of methoxy groups -OCH3 is 1. The van der Waals surface area contributed by atoms with Crippen LogP contribution in [0.3, 0.4) is 0 Å². The zero-order chi connectivity index (χ0) is 20.0. The van der Waals surface area contributed by atoms with Crippen LogP contribution in [0.5, 0.6) is 5.75 Å². The molecule has 1 aromatic carbocycles. The van der Waals surface area contributed by atoms with E-state index >= 15 is 0 Å². The highest BCUT2D eigenvalue weighted by atomic mass is 32.2. The third-order valence-corrected chi connectivity index (χ3v) is 8.11. The van der Waals surface area contributed by atoms with E-state index in [0.29, 0.717) is 25.3 Å². The molecule has 9 heteroatoms. The molecule has 1 aliphatic rings. The molecule has 4 aromatic rings. The van der Waals surface area contributed by atoms with E-state index in [1.807, 2.05) is 29.1 Å². The van der Waals surface area contributed by atoms with Crippen molar-refractivity contribution in [2.45, 2.75) is 17.9 Å². The van der Waals surface area contributed by atoms with Crippen molar-refractivity contribution in [3.05, 3.63) is 65.6 Å². The molecule has 0 radical (unpaired) electrons. The Labute approximate surface area is 172 Å². The quantitative estimate of drug-likeness (QED) is 0.501. The van der Waals surface area contributed by atoms with Gasteiger partial charge in [0, 0.05) is 30.4 Å². The summed E-state index contributed by atoms with van der Waals surface area (Å²) in [6, 6.07) is 10.4. The first-order chi connectivity index (χ1) is 14.1. The first-order valence-corrected chi connectivity index (χ1v) is 11.4. The van der Waals surface area contributed by atoms with Gasteiger partial charge in [-0.25, -0.2) is 18.4 Å². The van der Waals surface area contributed by atoms with Gasteiger partial charge >= 0.3 is 0 Å². The molecule has 0 unspecified atom stereocenters. The van der Waals surface area contributed by atoms with Gasteiger partial charge < -0.3 is 9.30 Å². The fraction of sp³-hybridized carbons (Fsp3) is 0.200. The van der Waals surface area contributed by atoms with Crippen LogP contribution in [-0.4, -0.2) is 40.9 Å². The molecule has 0 saturated carbocycles. The summed E-state index contributed by atoms with van der Waals surface area (Å²) in [5, 5.41) is 1.02. The number of hydrogen-bond acceptors (Lipinski definition) is 6. The van der Waals surface area contributed by atoms with Crippen molar-refractivity contribution >= 4 is 31.6 Å². The maximum atomic E-state index is 13.1. The van der Waals surface area contributed by atoms with Gasteiger partial charge in [0.1, 0.15) is 22.7 Å². The zero-order valence-corrected chi connectivity index (χ0v) is 17.3. The van der Waals surface area contributed by atoms with Crippen LogP contribution < -0.4 is 4.74 Å². The molecule has 0 spiro atoms. The van der Waals surface area contributed by atoms with Gasteiger partial charge in [-0.3, -0.25) is 0 Å². The van der Waals surface area contributed by atoms with Crippen LogP contribution in [0.15, 0.2) is 60.0 Å². The van der Waals surface area contributed by atoms with E-state index in [1.54, 1.807) is 49.0 Å². The molecular weight excluding hydrogens is 408 g/mol. The summed E-state index contributed by atoms with van der Waals surface area (Å²) >= 11 is 1.54. The van der Waals surface area contributed by atoms with Crippen molar-refractivity contribution in [2.75, 3.05) is 13.7 Å². The summed E-state index contributed by atoms with van der Waals surface area (Å²) in [6.07, 6.45) is 6.10. The summed E-state index contributed by atoms with van der Waals surface area (Å²) in [5.41, 5.74) is 1.15. The van der Waals surface area contributed by atoms with E-state index in [-0.39, 0.29) is 4.90 Å². The zero-order valence-electron chi connectivity index (χ0n) is 15.6. The van der Waals surface area contributed by atoms with Crippen molar-refractivity contribution in [3.63, 3.8) is 0 Å². The molecule has 0 amide bonds. The standard InChI is InChI=1S/C20H18N4O3S2/c1-27-14-4-6-15(7-5-14)29(25,26)24-11-8-16-17(12-24)28-20-18(16)19(21-13-22-20)23-9-2-3-10-23/h2-7,9-10,13H,8,11-12H2,1H3. The molecule has 29 heavy (non-hydrogen) atoms. The SMILES string of the molecule is COc1ccc(S(=O)(=O)N2CCc3c(sc4ncnc(-n5cccc5)c34)C2)cc1. The molecule has 7 nitrogen and oxygen atoms in total. The highest BCUT2D eigenvalue weighted by Crippen LogP contribution is 2.38. The fourth-order valence-electron chi connectivity index (χ4n) is 3.66. The third kappa shape index (κ3) is 3.02. The number of benzene rings is 1. The Kier molecular flexibility index (Phi) is 4.38. The smallest absolute Gasteiger partial charge is 0.243 e. The number of thiophene rings is 1. The van der Waals surface area contributed by atoms with Crippen LogP contribution in [0.4, 0.5) is 0 Å². The minimum atomic E-state index is -3.58. The lowest BCUT2D eigenvalue weighted by molar-refractivity contribution is 0.396. The minimum Gasteiger partial charge on any atom is -0.497 e. The van der Waals surface area contributed by atoms with E-state index in [4.69, 9.17) is 4.74 Å². The Hall–Kier alpha value is -2.75. The van der Waals surface area contributed by atoms with Crippen LogP contribution in [-0.2, 0) is 23.0 Å². The Bertz CT molecular complexity index is 1280. The second-order valence-electron chi connectivity index (χ2n) is 6.74. The molecule has 0 atom stereocenters. The second-order valence-corrected chi connectivity index (χ2v) is 9.76. The fourth-order valence-corrected chi connectivity index (χ4v) is 6.35. The van der Waals surface area contributed by atoms with Gasteiger partial charge in [0.2, 0.25) is 10.0 Å². The Balaban J connectivity index is 1.53. The third-order valence-electron chi connectivity index (χ3n) is 5.13. The molecule has 148 valence electrons. The Morgan fingerprint density at radius 2 is 1.86 bits per heavy atom. The lowest BCUT2D eigenvalue weighted by atomic mass is 10.1. The van der Waals surface area contributed by atoms with Gasteiger partial charge in [0.05, 0.1) is 17.4 Å². The van der Waals surface area contributed by atoms with Crippen LogP contribution in [0.2, 0.25) is 0 Å².